The number of rotatable bonds is 7. The molecule has 0 unspecified atom stereocenters. The fourth-order valence-corrected chi connectivity index (χ4v) is 3.73. The Labute approximate surface area is 153 Å². The van der Waals surface area contributed by atoms with Crippen LogP contribution in [0.4, 0.5) is 14.5 Å². The molecule has 0 bridgehead atoms. The van der Waals surface area contributed by atoms with Crippen LogP contribution in [0, 0.1) is 11.6 Å². The first-order valence-corrected chi connectivity index (χ1v) is 9.62. The maximum atomic E-state index is 13.8. The molecule has 0 heterocycles. The maximum absolute atomic E-state index is 13.8. The van der Waals surface area contributed by atoms with Crippen molar-refractivity contribution in [1.29, 1.82) is 0 Å². The summed E-state index contributed by atoms with van der Waals surface area (Å²) in [7, 11) is 3.63. The topological polar surface area (TPSA) is 53.9 Å². The third kappa shape index (κ3) is 4.78. The molecule has 0 aliphatic rings. The van der Waals surface area contributed by atoms with E-state index in [1.807, 2.05) is 57.4 Å². The first-order valence-electron chi connectivity index (χ1n) is 8.14. The highest BCUT2D eigenvalue weighted by molar-refractivity contribution is 7.89. The largest absolute Gasteiger partial charge is 0.378 e. The Hall–Kier alpha value is -2.03. The predicted octanol–water partition coefficient (Wildman–Crippen LogP) is 1.19. The van der Waals surface area contributed by atoms with Gasteiger partial charge < -0.3 is 9.80 Å². The van der Waals surface area contributed by atoms with Crippen molar-refractivity contribution >= 4 is 15.7 Å². The first kappa shape index (κ1) is 20.3. The summed E-state index contributed by atoms with van der Waals surface area (Å²) < 4.78 is 54.0. The Morgan fingerprint density at radius 2 is 1.69 bits per heavy atom. The lowest BCUT2D eigenvalue weighted by Crippen LogP contribution is -3.07. The molecule has 0 amide bonds. The van der Waals surface area contributed by atoms with Crippen LogP contribution in [0.15, 0.2) is 47.4 Å². The number of quaternary nitrogens is 1. The normalized spacial score (nSPS) is 13.0. The summed E-state index contributed by atoms with van der Waals surface area (Å²) in [5.74, 6) is -1.93. The van der Waals surface area contributed by atoms with Gasteiger partial charge in [-0.05, 0) is 24.3 Å². The van der Waals surface area contributed by atoms with E-state index < -0.39 is 26.6 Å². The van der Waals surface area contributed by atoms with Crippen LogP contribution >= 0.6 is 0 Å². The minimum atomic E-state index is -4.08. The summed E-state index contributed by atoms with van der Waals surface area (Å²) in [6.45, 7) is 0.0861. The molecule has 2 aromatic rings. The van der Waals surface area contributed by atoms with Gasteiger partial charge >= 0.3 is 0 Å². The highest BCUT2D eigenvalue weighted by Crippen LogP contribution is 2.18. The first-order chi connectivity index (χ1) is 12.1. The second-order valence-electron chi connectivity index (χ2n) is 6.54. The highest BCUT2D eigenvalue weighted by atomic mass is 32.2. The van der Waals surface area contributed by atoms with Crippen molar-refractivity contribution in [2.75, 3.05) is 39.6 Å². The van der Waals surface area contributed by atoms with Gasteiger partial charge in [-0.25, -0.2) is 21.9 Å². The van der Waals surface area contributed by atoms with Crippen LogP contribution in [0.3, 0.4) is 0 Å². The van der Waals surface area contributed by atoms with Gasteiger partial charge in [-0.1, -0.05) is 12.1 Å². The van der Waals surface area contributed by atoms with Gasteiger partial charge in [0.15, 0.2) is 0 Å². The van der Waals surface area contributed by atoms with Gasteiger partial charge in [0.2, 0.25) is 10.0 Å². The molecule has 0 aromatic heterocycles. The van der Waals surface area contributed by atoms with Crippen LogP contribution in [0.25, 0.3) is 0 Å². The van der Waals surface area contributed by atoms with Crippen LogP contribution in [0.2, 0.25) is 0 Å². The molecule has 0 saturated heterocycles. The highest BCUT2D eigenvalue weighted by Gasteiger charge is 2.24. The lowest BCUT2D eigenvalue weighted by molar-refractivity contribution is -0.890. The zero-order chi connectivity index (χ0) is 19.5. The molecule has 142 valence electrons. The monoisotopic (exact) mass is 384 g/mol. The number of sulfonamides is 1. The van der Waals surface area contributed by atoms with Crippen molar-refractivity contribution in [3.05, 3.63) is 59.7 Å². The summed E-state index contributed by atoms with van der Waals surface area (Å²) in [5.41, 5.74) is 1.99. The van der Waals surface area contributed by atoms with Gasteiger partial charge in [-0.3, -0.25) is 0 Å². The van der Waals surface area contributed by atoms with Gasteiger partial charge in [0.25, 0.3) is 0 Å². The molecule has 0 radical (unpaired) electrons. The number of halogens is 2. The standard InChI is InChI=1S/C18H23F2N3O2S/c1-22(2)15-8-5-13(6-9-15)17(23(3)4)12-21-26(24,25)18-10-7-14(19)11-16(18)20/h5-11,17,21H,12H2,1-4H3/p+1/t17-/m1/s1. The summed E-state index contributed by atoms with van der Waals surface area (Å²) in [6, 6.07) is 10.1. The van der Waals surface area contributed by atoms with Crippen LogP contribution in [0.1, 0.15) is 11.6 Å². The number of benzene rings is 2. The van der Waals surface area contributed by atoms with E-state index in [1.165, 1.54) is 0 Å². The van der Waals surface area contributed by atoms with Crippen LogP contribution in [-0.2, 0) is 10.0 Å². The van der Waals surface area contributed by atoms with Crippen molar-refractivity contribution in [2.24, 2.45) is 0 Å². The van der Waals surface area contributed by atoms with Crippen LogP contribution < -0.4 is 14.5 Å². The van der Waals surface area contributed by atoms with E-state index in [0.29, 0.717) is 6.07 Å². The quantitative estimate of drug-likeness (QED) is 0.754. The van der Waals surface area contributed by atoms with Gasteiger partial charge in [0.05, 0.1) is 20.6 Å². The fraction of sp³-hybridized carbons (Fsp3) is 0.333. The van der Waals surface area contributed by atoms with Crippen molar-refractivity contribution in [1.82, 2.24) is 4.72 Å². The lowest BCUT2D eigenvalue weighted by Gasteiger charge is -2.23. The number of nitrogens with zero attached hydrogens (tertiary/aromatic N) is 1. The number of anilines is 1. The molecule has 5 nitrogen and oxygen atoms in total. The predicted molar refractivity (Wildman–Crippen MR) is 97.9 cm³/mol. The Kier molecular flexibility index (Phi) is 6.33. The van der Waals surface area contributed by atoms with Crippen LogP contribution in [0.5, 0.6) is 0 Å². The van der Waals surface area contributed by atoms with E-state index >= 15 is 0 Å². The van der Waals surface area contributed by atoms with E-state index in [4.69, 9.17) is 0 Å². The number of hydrogen-bond acceptors (Lipinski definition) is 3. The molecule has 26 heavy (non-hydrogen) atoms. The molecule has 2 rings (SSSR count). The Morgan fingerprint density at radius 3 is 2.19 bits per heavy atom. The summed E-state index contributed by atoms with van der Waals surface area (Å²) in [4.78, 5) is 2.43. The third-order valence-electron chi connectivity index (χ3n) is 4.17. The SMILES string of the molecule is CN(C)c1ccc([C@@H](CNS(=O)(=O)c2ccc(F)cc2F)[NH+](C)C)cc1. The van der Waals surface area contributed by atoms with E-state index in [-0.39, 0.29) is 12.6 Å². The molecule has 1 atom stereocenters. The Bertz CT molecular complexity index is 853. The zero-order valence-electron chi connectivity index (χ0n) is 15.3. The Morgan fingerprint density at radius 1 is 1.08 bits per heavy atom. The molecule has 0 saturated carbocycles. The molecule has 0 fully saturated rings. The van der Waals surface area contributed by atoms with E-state index in [9.17, 15) is 17.2 Å². The molecule has 0 aliphatic heterocycles. The van der Waals surface area contributed by atoms with Gasteiger partial charge in [-0.2, -0.15) is 0 Å². The summed E-state index contributed by atoms with van der Waals surface area (Å²) >= 11 is 0. The molecule has 0 aliphatic carbocycles. The van der Waals surface area contributed by atoms with Gasteiger partial charge in [0, 0.05) is 31.4 Å². The lowest BCUT2D eigenvalue weighted by atomic mass is 10.1. The van der Waals surface area contributed by atoms with Gasteiger partial charge in [0.1, 0.15) is 22.6 Å². The van der Waals surface area contributed by atoms with Crippen molar-refractivity contribution in [3.63, 3.8) is 0 Å². The van der Waals surface area contributed by atoms with Crippen LogP contribution in [-0.4, -0.2) is 43.2 Å². The van der Waals surface area contributed by atoms with Crippen molar-refractivity contribution in [3.8, 4) is 0 Å². The second-order valence-corrected chi connectivity index (χ2v) is 8.28. The maximum Gasteiger partial charge on any atom is 0.243 e. The minimum absolute atomic E-state index is 0.0861. The van der Waals surface area contributed by atoms with Crippen molar-refractivity contribution < 1.29 is 22.1 Å². The van der Waals surface area contributed by atoms with E-state index in [2.05, 4.69) is 4.72 Å². The molecule has 0 spiro atoms. The van der Waals surface area contributed by atoms with E-state index in [1.54, 1.807) is 0 Å². The average Bonchev–Trinajstić information content (AvgIpc) is 2.54. The van der Waals surface area contributed by atoms with Crippen molar-refractivity contribution in [2.45, 2.75) is 10.9 Å². The second kappa shape index (κ2) is 8.11. The minimum Gasteiger partial charge on any atom is -0.378 e. The zero-order valence-corrected chi connectivity index (χ0v) is 16.1. The smallest absolute Gasteiger partial charge is 0.243 e. The molecular weight excluding hydrogens is 360 g/mol. The fourth-order valence-electron chi connectivity index (χ4n) is 2.62. The van der Waals surface area contributed by atoms with Gasteiger partial charge in [-0.15, -0.1) is 0 Å². The number of hydrogen-bond donors (Lipinski definition) is 2. The average molecular weight is 384 g/mol. The molecule has 2 aromatic carbocycles. The summed E-state index contributed by atoms with van der Waals surface area (Å²) in [5, 5.41) is 0. The number of likely N-dealkylation sites (N-methyl/N-ethyl adjacent to an activating group) is 1. The Balaban J connectivity index is 2.20. The summed E-state index contributed by atoms with van der Waals surface area (Å²) in [6.07, 6.45) is 0. The molecule has 8 heteroatoms. The number of nitrogens with one attached hydrogen (secondary N) is 2. The molecular formula is C18H24F2N3O2S+. The third-order valence-corrected chi connectivity index (χ3v) is 5.63. The van der Waals surface area contributed by atoms with E-state index in [0.717, 1.165) is 28.3 Å². The molecule has 2 N–H and O–H groups in total.